The van der Waals surface area contributed by atoms with Crippen LogP contribution in [0, 0.1) is 11.2 Å². The van der Waals surface area contributed by atoms with Crippen LogP contribution >= 0.6 is 0 Å². The fourth-order valence-corrected chi connectivity index (χ4v) is 3.26. The number of benzene rings is 1. The molecule has 1 aromatic carbocycles. The fourth-order valence-electron chi connectivity index (χ4n) is 3.26. The number of hydrogen-bond acceptors (Lipinski definition) is 2. The van der Waals surface area contributed by atoms with E-state index in [0.29, 0.717) is 5.92 Å². The van der Waals surface area contributed by atoms with E-state index in [1.54, 1.807) is 6.07 Å². The van der Waals surface area contributed by atoms with Gasteiger partial charge in [-0.05, 0) is 37.1 Å². The molecule has 0 saturated carbocycles. The molecule has 2 aliphatic heterocycles. The number of rotatable bonds is 1. The van der Waals surface area contributed by atoms with Gasteiger partial charge in [-0.15, -0.1) is 0 Å². The lowest BCUT2D eigenvalue weighted by atomic mass is 9.67. The van der Waals surface area contributed by atoms with Crippen molar-refractivity contribution in [2.45, 2.75) is 18.8 Å². The molecule has 17 heavy (non-hydrogen) atoms. The van der Waals surface area contributed by atoms with Crippen LogP contribution < -0.4 is 5.32 Å². The van der Waals surface area contributed by atoms with E-state index >= 15 is 0 Å². The zero-order valence-corrected chi connectivity index (χ0v) is 9.92. The third-order valence-electron chi connectivity index (χ3n) is 4.27. The first-order valence-electron chi connectivity index (χ1n) is 6.34. The van der Waals surface area contributed by atoms with Crippen LogP contribution in [0.5, 0.6) is 0 Å². The van der Waals surface area contributed by atoms with E-state index in [2.05, 4.69) is 5.32 Å². The quantitative estimate of drug-likeness (QED) is 0.806. The zero-order chi connectivity index (χ0) is 11.7. The van der Waals surface area contributed by atoms with Crippen LogP contribution in [0.4, 0.5) is 4.39 Å². The summed E-state index contributed by atoms with van der Waals surface area (Å²) in [5.41, 5.74) is 1.35. The van der Waals surface area contributed by atoms with Crippen molar-refractivity contribution in [1.82, 2.24) is 5.32 Å². The standard InChI is InChI=1S/C14H18FNO/c15-12-3-1-2-11(8-12)13-9-16-6-4-14(13)5-7-17-10-14/h1-3,8,13,16H,4-7,9-10H2. The van der Waals surface area contributed by atoms with E-state index < -0.39 is 0 Å². The van der Waals surface area contributed by atoms with Crippen molar-refractivity contribution in [3.63, 3.8) is 0 Å². The molecule has 2 atom stereocenters. The second kappa shape index (κ2) is 4.39. The molecule has 92 valence electrons. The third-order valence-corrected chi connectivity index (χ3v) is 4.27. The van der Waals surface area contributed by atoms with E-state index in [0.717, 1.165) is 44.7 Å². The summed E-state index contributed by atoms with van der Waals surface area (Å²) in [4.78, 5) is 0. The largest absolute Gasteiger partial charge is 0.381 e. The van der Waals surface area contributed by atoms with E-state index in [1.165, 1.54) is 6.07 Å². The van der Waals surface area contributed by atoms with Crippen LogP contribution in [-0.4, -0.2) is 26.3 Å². The maximum atomic E-state index is 13.3. The van der Waals surface area contributed by atoms with Gasteiger partial charge in [0.1, 0.15) is 5.82 Å². The summed E-state index contributed by atoms with van der Waals surface area (Å²) in [6.07, 6.45) is 2.24. The maximum Gasteiger partial charge on any atom is 0.123 e. The van der Waals surface area contributed by atoms with Crippen molar-refractivity contribution in [2.75, 3.05) is 26.3 Å². The maximum absolute atomic E-state index is 13.3. The minimum absolute atomic E-state index is 0.137. The van der Waals surface area contributed by atoms with Crippen molar-refractivity contribution in [3.05, 3.63) is 35.6 Å². The number of ether oxygens (including phenoxy) is 1. The van der Waals surface area contributed by atoms with E-state index in [9.17, 15) is 4.39 Å². The van der Waals surface area contributed by atoms with Gasteiger partial charge in [0.15, 0.2) is 0 Å². The Morgan fingerprint density at radius 2 is 2.29 bits per heavy atom. The van der Waals surface area contributed by atoms with Crippen molar-refractivity contribution >= 4 is 0 Å². The summed E-state index contributed by atoms with van der Waals surface area (Å²) in [7, 11) is 0. The van der Waals surface area contributed by atoms with Crippen LogP contribution in [0.2, 0.25) is 0 Å². The molecule has 2 unspecified atom stereocenters. The van der Waals surface area contributed by atoms with Crippen LogP contribution in [0.15, 0.2) is 24.3 Å². The van der Waals surface area contributed by atoms with Gasteiger partial charge in [-0.2, -0.15) is 0 Å². The number of halogens is 1. The molecular formula is C14H18FNO. The third kappa shape index (κ3) is 1.98. The summed E-state index contributed by atoms with van der Waals surface area (Å²) >= 11 is 0. The summed E-state index contributed by atoms with van der Waals surface area (Å²) in [6.45, 7) is 3.67. The molecule has 1 spiro atoms. The first kappa shape index (κ1) is 11.2. The summed E-state index contributed by atoms with van der Waals surface area (Å²) in [5.74, 6) is 0.247. The molecule has 0 amide bonds. The highest BCUT2D eigenvalue weighted by molar-refractivity contribution is 5.25. The molecule has 0 aromatic heterocycles. The number of hydrogen-bond donors (Lipinski definition) is 1. The van der Waals surface area contributed by atoms with Gasteiger partial charge in [0.2, 0.25) is 0 Å². The van der Waals surface area contributed by atoms with E-state index in [-0.39, 0.29) is 11.2 Å². The topological polar surface area (TPSA) is 21.3 Å². The lowest BCUT2D eigenvalue weighted by Gasteiger charge is -2.41. The van der Waals surface area contributed by atoms with E-state index in [4.69, 9.17) is 4.74 Å². The lowest BCUT2D eigenvalue weighted by Crippen LogP contribution is -2.44. The number of nitrogens with one attached hydrogen (secondary N) is 1. The van der Waals surface area contributed by atoms with Crippen LogP contribution in [-0.2, 0) is 4.74 Å². The highest BCUT2D eigenvalue weighted by atomic mass is 19.1. The fraction of sp³-hybridized carbons (Fsp3) is 0.571. The van der Waals surface area contributed by atoms with Gasteiger partial charge >= 0.3 is 0 Å². The second-order valence-corrected chi connectivity index (χ2v) is 5.23. The minimum atomic E-state index is -0.137. The molecule has 3 heteroatoms. The Bertz CT molecular complexity index is 401. The molecule has 0 bridgehead atoms. The Morgan fingerprint density at radius 3 is 3.06 bits per heavy atom. The monoisotopic (exact) mass is 235 g/mol. The second-order valence-electron chi connectivity index (χ2n) is 5.23. The predicted octanol–water partition coefficient (Wildman–Crippen LogP) is 2.31. The van der Waals surface area contributed by atoms with Gasteiger partial charge in [0.25, 0.3) is 0 Å². The Hall–Kier alpha value is -0.930. The Morgan fingerprint density at radius 1 is 1.35 bits per heavy atom. The highest BCUT2D eigenvalue weighted by Crippen LogP contribution is 2.46. The first-order chi connectivity index (χ1) is 8.30. The van der Waals surface area contributed by atoms with Gasteiger partial charge < -0.3 is 10.1 Å². The highest BCUT2D eigenvalue weighted by Gasteiger charge is 2.44. The summed E-state index contributed by atoms with van der Waals surface area (Å²) < 4.78 is 18.9. The molecule has 0 aliphatic carbocycles. The van der Waals surface area contributed by atoms with Gasteiger partial charge in [-0.25, -0.2) is 4.39 Å². The Kier molecular flexibility index (Phi) is 2.89. The molecule has 2 nitrogen and oxygen atoms in total. The normalized spacial score (nSPS) is 33.1. The van der Waals surface area contributed by atoms with E-state index in [1.807, 2.05) is 12.1 Å². The van der Waals surface area contributed by atoms with Gasteiger partial charge in [0.05, 0.1) is 6.61 Å². The van der Waals surface area contributed by atoms with Crippen LogP contribution in [0.3, 0.4) is 0 Å². The van der Waals surface area contributed by atoms with Crippen LogP contribution in [0.1, 0.15) is 24.3 Å². The molecular weight excluding hydrogens is 217 g/mol. The molecule has 2 fully saturated rings. The zero-order valence-electron chi connectivity index (χ0n) is 9.92. The van der Waals surface area contributed by atoms with Crippen LogP contribution in [0.25, 0.3) is 0 Å². The summed E-state index contributed by atoms with van der Waals surface area (Å²) in [5, 5.41) is 3.43. The van der Waals surface area contributed by atoms with Gasteiger partial charge in [-0.1, -0.05) is 12.1 Å². The molecule has 0 radical (unpaired) electrons. The first-order valence-corrected chi connectivity index (χ1v) is 6.34. The average Bonchev–Trinajstić information content (AvgIpc) is 2.79. The predicted molar refractivity (Wildman–Crippen MR) is 64.5 cm³/mol. The molecule has 2 aliphatic rings. The molecule has 2 heterocycles. The molecule has 2 saturated heterocycles. The average molecular weight is 235 g/mol. The smallest absolute Gasteiger partial charge is 0.123 e. The van der Waals surface area contributed by atoms with Crippen molar-refractivity contribution in [3.8, 4) is 0 Å². The van der Waals surface area contributed by atoms with Crippen molar-refractivity contribution < 1.29 is 9.13 Å². The SMILES string of the molecule is Fc1cccc(C2CNCCC23CCOC3)c1. The summed E-state index contributed by atoms with van der Waals surface area (Å²) in [6, 6.07) is 7.04. The van der Waals surface area contributed by atoms with Crippen molar-refractivity contribution in [2.24, 2.45) is 5.41 Å². The minimum Gasteiger partial charge on any atom is -0.381 e. The molecule has 1 N–H and O–H groups in total. The lowest BCUT2D eigenvalue weighted by molar-refractivity contribution is 0.110. The van der Waals surface area contributed by atoms with Gasteiger partial charge in [0, 0.05) is 24.5 Å². The molecule has 1 aromatic rings. The Labute approximate surface area is 101 Å². The number of piperidine rings is 1. The van der Waals surface area contributed by atoms with Gasteiger partial charge in [-0.3, -0.25) is 0 Å². The Balaban J connectivity index is 1.93. The molecule has 3 rings (SSSR count). The van der Waals surface area contributed by atoms with Crippen molar-refractivity contribution in [1.29, 1.82) is 0 Å².